The Bertz CT molecular complexity index is 1770. The number of primary amides is 1. The SMILES string of the molecule is Cc1cc(Cn2nc(C(F)(F)C(F)(F)F)nc2C(F)(F)F)ccc1NC(=O)C1C=CC=C(Cl)C1(C(N)=O)C(C)(C)COCc1ccccc1. The van der Waals surface area contributed by atoms with E-state index < -0.39 is 65.0 Å². The Labute approximate surface area is 280 Å². The molecule has 17 heteroatoms. The van der Waals surface area contributed by atoms with Gasteiger partial charge in [-0.2, -0.15) is 35.1 Å². The summed E-state index contributed by atoms with van der Waals surface area (Å²) in [7, 11) is 0. The summed E-state index contributed by atoms with van der Waals surface area (Å²) in [6.45, 7) is 4.07. The van der Waals surface area contributed by atoms with Gasteiger partial charge in [-0.3, -0.25) is 9.59 Å². The summed E-state index contributed by atoms with van der Waals surface area (Å²) in [5.74, 6) is -13.0. The largest absolute Gasteiger partial charge is 0.461 e. The number of amides is 2. The Morgan fingerprint density at radius 3 is 2.24 bits per heavy atom. The van der Waals surface area contributed by atoms with Crippen molar-refractivity contribution in [2.75, 3.05) is 11.9 Å². The Morgan fingerprint density at radius 1 is 1.02 bits per heavy atom. The highest BCUT2D eigenvalue weighted by molar-refractivity contribution is 6.33. The van der Waals surface area contributed by atoms with Crippen LogP contribution < -0.4 is 11.1 Å². The van der Waals surface area contributed by atoms with Crippen LogP contribution in [0.3, 0.4) is 0 Å². The molecule has 0 fully saturated rings. The molecule has 4 rings (SSSR count). The van der Waals surface area contributed by atoms with Crippen molar-refractivity contribution in [1.82, 2.24) is 14.8 Å². The van der Waals surface area contributed by atoms with Crippen molar-refractivity contribution < 1.29 is 49.4 Å². The van der Waals surface area contributed by atoms with E-state index in [0.717, 1.165) is 5.56 Å². The first-order chi connectivity index (χ1) is 22.6. The minimum atomic E-state index is -6.23. The van der Waals surface area contributed by atoms with Gasteiger partial charge in [0.1, 0.15) is 5.41 Å². The van der Waals surface area contributed by atoms with E-state index in [0.29, 0.717) is 0 Å². The van der Waals surface area contributed by atoms with Crippen LogP contribution in [0, 0.1) is 23.7 Å². The van der Waals surface area contributed by atoms with Crippen molar-refractivity contribution in [2.24, 2.45) is 22.5 Å². The fourth-order valence-electron chi connectivity index (χ4n) is 5.69. The number of anilines is 1. The van der Waals surface area contributed by atoms with Gasteiger partial charge in [0.15, 0.2) is 0 Å². The average Bonchev–Trinajstić information content (AvgIpc) is 3.43. The molecule has 1 aliphatic rings. The first kappa shape index (κ1) is 37.5. The predicted octanol–water partition coefficient (Wildman–Crippen LogP) is 7.27. The lowest BCUT2D eigenvalue weighted by Gasteiger charge is -2.48. The number of carbonyl (C=O) groups is 2. The number of nitrogens with zero attached hydrogens (tertiary/aromatic N) is 3. The smallest absolute Gasteiger partial charge is 0.376 e. The Balaban J connectivity index is 1.59. The van der Waals surface area contributed by atoms with Gasteiger partial charge in [-0.25, -0.2) is 9.67 Å². The van der Waals surface area contributed by atoms with Gasteiger partial charge in [-0.15, -0.1) is 5.10 Å². The molecule has 1 aromatic heterocycles. The van der Waals surface area contributed by atoms with Crippen LogP contribution >= 0.6 is 11.6 Å². The number of hydrogen-bond donors (Lipinski definition) is 2. The maximum absolute atomic E-state index is 13.8. The molecule has 264 valence electrons. The fourth-order valence-corrected chi connectivity index (χ4v) is 6.23. The number of allylic oxidation sites excluding steroid dienone is 2. The number of hydrogen-bond acceptors (Lipinski definition) is 5. The van der Waals surface area contributed by atoms with Gasteiger partial charge in [0.25, 0.3) is 0 Å². The van der Waals surface area contributed by atoms with Crippen molar-refractivity contribution in [1.29, 1.82) is 0 Å². The molecule has 2 atom stereocenters. The molecule has 0 saturated carbocycles. The minimum absolute atomic E-state index is 0.000468. The van der Waals surface area contributed by atoms with Gasteiger partial charge in [-0.1, -0.05) is 80.1 Å². The van der Waals surface area contributed by atoms with Crippen LogP contribution in [-0.2, 0) is 39.6 Å². The summed E-state index contributed by atoms with van der Waals surface area (Å²) in [5, 5.41) is 5.50. The van der Waals surface area contributed by atoms with Crippen LogP contribution in [0.2, 0.25) is 0 Å². The van der Waals surface area contributed by atoms with Crippen molar-refractivity contribution in [3.63, 3.8) is 0 Å². The molecule has 0 saturated heterocycles. The lowest BCUT2D eigenvalue weighted by molar-refractivity contribution is -0.292. The Hall–Kier alpha value is -4.31. The highest BCUT2D eigenvalue weighted by Crippen LogP contribution is 2.54. The lowest BCUT2D eigenvalue weighted by atomic mass is 9.56. The van der Waals surface area contributed by atoms with Crippen LogP contribution in [0.25, 0.3) is 0 Å². The number of ether oxygens (including phenoxy) is 1. The first-order valence-corrected chi connectivity index (χ1v) is 14.8. The number of rotatable bonds is 11. The summed E-state index contributed by atoms with van der Waals surface area (Å²) in [6.07, 6.45) is -7.26. The molecule has 2 unspecified atom stereocenters. The van der Waals surface area contributed by atoms with E-state index in [9.17, 15) is 44.7 Å². The number of carbonyl (C=O) groups excluding carboxylic acids is 2. The zero-order valence-corrected chi connectivity index (χ0v) is 26.9. The number of nitrogens with one attached hydrogen (secondary N) is 1. The molecule has 3 N–H and O–H groups in total. The summed E-state index contributed by atoms with van der Waals surface area (Å²) in [4.78, 5) is 29.6. The summed E-state index contributed by atoms with van der Waals surface area (Å²) < 4.78 is 112. The number of benzene rings is 2. The summed E-state index contributed by atoms with van der Waals surface area (Å²) >= 11 is 6.66. The predicted molar refractivity (Wildman–Crippen MR) is 162 cm³/mol. The fraction of sp³-hybridized carbons (Fsp3) is 0.375. The van der Waals surface area contributed by atoms with Crippen molar-refractivity contribution in [3.05, 3.63) is 100 Å². The second kappa shape index (κ2) is 13.5. The Morgan fingerprint density at radius 2 is 1.67 bits per heavy atom. The van der Waals surface area contributed by atoms with Gasteiger partial charge >= 0.3 is 18.3 Å². The first-order valence-electron chi connectivity index (χ1n) is 14.5. The van der Waals surface area contributed by atoms with Gasteiger partial charge < -0.3 is 15.8 Å². The van der Waals surface area contributed by atoms with Gasteiger partial charge in [0, 0.05) is 16.1 Å². The standard InChI is InChI=1S/C32H30ClF8N5O3/c1-18-14-20(15-46-27(31(36,37)38)44-26(45-46)30(34,35)32(39,40)41)12-13-22(18)43-24(47)21-10-7-11-23(33)29(21,25(42)48)28(2,3)17-49-16-19-8-5-4-6-9-19/h4-14,21H,15-17H2,1-3H3,(H2,42,48)(H,43,47). The van der Waals surface area contributed by atoms with Crippen LogP contribution in [0.4, 0.5) is 40.8 Å². The number of aryl methyl sites for hydroxylation is 1. The molecular formula is C32H30ClF8N5O3. The van der Waals surface area contributed by atoms with E-state index >= 15 is 0 Å². The Kier molecular flexibility index (Phi) is 10.4. The molecule has 8 nitrogen and oxygen atoms in total. The third kappa shape index (κ3) is 7.34. The molecule has 49 heavy (non-hydrogen) atoms. The summed E-state index contributed by atoms with van der Waals surface area (Å²) in [6, 6.07) is 13.0. The van der Waals surface area contributed by atoms with Gasteiger partial charge in [0.05, 0.1) is 25.7 Å². The molecule has 0 radical (unpaired) electrons. The van der Waals surface area contributed by atoms with E-state index in [-0.39, 0.29) is 39.7 Å². The molecule has 0 spiro atoms. The van der Waals surface area contributed by atoms with Crippen LogP contribution in [0.15, 0.2) is 71.8 Å². The van der Waals surface area contributed by atoms with Crippen LogP contribution in [-0.4, -0.2) is 39.4 Å². The number of alkyl halides is 8. The van der Waals surface area contributed by atoms with Crippen LogP contribution in [0.1, 0.15) is 42.2 Å². The molecule has 0 bridgehead atoms. The molecule has 3 aromatic rings. The highest BCUT2D eigenvalue weighted by atomic mass is 35.5. The summed E-state index contributed by atoms with van der Waals surface area (Å²) in [5.41, 5.74) is 4.30. The minimum Gasteiger partial charge on any atom is -0.376 e. The maximum atomic E-state index is 13.8. The molecule has 1 aliphatic carbocycles. The van der Waals surface area contributed by atoms with Crippen LogP contribution in [0.5, 0.6) is 0 Å². The van der Waals surface area contributed by atoms with Crippen molar-refractivity contribution >= 4 is 29.1 Å². The molecular weight excluding hydrogens is 690 g/mol. The van der Waals surface area contributed by atoms with Gasteiger partial charge in [0.2, 0.25) is 23.5 Å². The van der Waals surface area contributed by atoms with E-state index in [1.165, 1.54) is 43.4 Å². The van der Waals surface area contributed by atoms with Crippen molar-refractivity contribution in [2.45, 2.75) is 52.2 Å². The van der Waals surface area contributed by atoms with E-state index in [1.807, 2.05) is 30.3 Å². The number of nitrogens with two attached hydrogens (primary N) is 1. The van der Waals surface area contributed by atoms with Gasteiger partial charge in [-0.05, 0) is 35.8 Å². The highest BCUT2D eigenvalue weighted by Gasteiger charge is 2.63. The van der Waals surface area contributed by atoms with E-state index in [2.05, 4.69) is 15.4 Å². The topological polar surface area (TPSA) is 112 Å². The zero-order valence-electron chi connectivity index (χ0n) is 26.1. The quantitative estimate of drug-likeness (QED) is 0.203. The second-order valence-corrected chi connectivity index (χ2v) is 12.4. The average molecular weight is 720 g/mol. The number of halogens is 9. The second-order valence-electron chi connectivity index (χ2n) is 12.0. The zero-order chi connectivity index (χ0) is 36.6. The third-order valence-corrected chi connectivity index (χ3v) is 8.57. The van der Waals surface area contributed by atoms with E-state index in [1.54, 1.807) is 13.8 Å². The monoisotopic (exact) mass is 719 g/mol. The normalized spacial score (nSPS) is 18.7. The maximum Gasteiger partial charge on any atom is 0.461 e. The molecule has 2 aromatic carbocycles. The number of aromatic nitrogens is 3. The third-order valence-electron chi connectivity index (χ3n) is 8.15. The van der Waals surface area contributed by atoms with E-state index in [4.69, 9.17) is 22.1 Å². The molecule has 1 heterocycles. The molecule has 0 aliphatic heterocycles. The molecule has 2 amide bonds. The lowest BCUT2D eigenvalue weighted by Crippen LogP contribution is -2.58. The van der Waals surface area contributed by atoms with Crippen molar-refractivity contribution in [3.8, 4) is 0 Å².